The van der Waals surface area contributed by atoms with Crippen molar-refractivity contribution in [2.45, 2.75) is 0 Å². The normalized spacial score (nSPS) is 12.2. The number of fused-ring (bicyclic) bond motifs is 10. The maximum atomic E-state index is 6.63. The summed E-state index contributed by atoms with van der Waals surface area (Å²) in [7, 11) is 0. The average Bonchev–Trinajstić information content (AvgIpc) is 3.84. The Morgan fingerprint density at radius 1 is 0.375 bits per heavy atom. The van der Waals surface area contributed by atoms with Crippen LogP contribution in [0.1, 0.15) is 0 Å². The second-order valence-electron chi connectivity index (χ2n) is 13.9. The zero-order valence-electron chi connectivity index (χ0n) is 29.6. The van der Waals surface area contributed by atoms with Crippen LogP contribution in [-0.4, -0.2) is 15.0 Å². The molecule has 1 aliphatic heterocycles. The van der Waals surface area contributed by atoms with Gasteiger partial charge >= 0.3 is 0 Å². The molecule has 12 rings (SSSR count). The Balaban J connectivity index is 1.10. The Morgan fingerprint density at radius 3 is 1.93 bits per heavy atom. The number of para-hydroxylation sites is 3. The highest BCUT2D eigenvalue weighted by atomic mass is 32.1. The van der Waals surface area contributed by atoms with Gasteiger partial charge in [-0.15, -0.1) is 11.3 Å². The molecule has 0 atom stereocenters. The molecule has 0 unspecified atom stereocenters. The molecule has 8 aromatic carbocycles. The fraction of sp³-hybridized carbons (Fsp3) is 0. The second-order valence-corrected chi connectivity index (χ2v) is 14.9. The van der Waals surface area contributed by atoms with Crippen LogP contribution in [0, 0.1) is 0 Å². The quantitative estimate of drug-likeness (QED) is 0.179. The fourth-order valence-electron chi connectivity index (χ4n) is 7.95. The summed E-state index contributed by atoms with van der Waals surface area (Å²) in [5.41, 5.74) is 6.24. The predicted molar refractivity (Wildman–Crippen MR) is 226 cm³/mol. The number of thiophene rings is 1. The number of hydrogen-bond donors (Lipinski definition) is 0. The molecule has 0 N–H and O–H groups in total. The van der Waals surface area contributed by atoms with Gasteiger partial charge in [-0.25, -0.2) is 15.0 Å². The first-order chi connectivity index (χ1) is 27.7. The van der Waals surface area contributed by atoms with Crippen LogP contribution in [0.4, 0.5) is 0 Å². The molecule has 0 aliphatic carbocycles. The third-order valence-corrected chi connectivity index (χ3v) is 11.9. The van der Waals surface area contributed by atoms with Crippen molar-refractivity contribution < 1.29 is 13.9 Å². The van der Waals surface area contributed by atoms with Gasteiger partial charge in [0.1, 0.15) is 11.2 Å². The lowest BCUT2D eigenvalue weighted by atomic mass is 9.96. The van der Waals surface area contributed by atoms with Gasteiger partial charge < -0.3 is 13.9 Å². The zero-order valence-corrected chi connectivity index (χ0v) is 30.4. The Kier molecular flexibility index (Phi) is 6.70. The maximum absolute atomic E-state index is 6.63. The first kappa shape index (κ1) is 31.0. The number of hydrogen-bond acceptors (Lipinski definition) is 7. The molecule has 7 heteroatoms. The van der Waals surface area contributed by atoms with Gasteiger partial charge in [-0.2, -0.15) is 0 Å². The van der Waals surface area contributed by atoms with Gasteiger partial charge in [0.2, 0.25) is 0 Å². The van der Waals surface area contributed by atoms with E-state index >= 15 is 0 Å². The van der Waals surface area contributed by atoms with Crippen molar-refractivity contribution >= 4 is 64.2 Å². The number of ether oxygens (including phenoxy) is 2. The van der Waals surface area contributed by atoms with Crippen LogP contribution >= 0.6 is 11.3 Å². The highest BCUT2D eigenvalue weighted by molar-refractivity contribution is 7.27. The van der Waals surface area contributed by atoms with E-state index in [4.69, 9.17) is 28.8 Å². The molecule has 11 aromatic rings. The summed E-state index contributed by atoms with van der Waals surface area (Å²) in [5, 5.41) is 6.94. The average molecular weight is 738 g/mol. The van der Waals surface area contributed by atoms with E-state index < -0.39 is 0 Å². The van der Waals surface area contributed by atoms with E-state index in [1.54, 1.807) is 0 Å². The molecule has 0 amide bonds. The van der Waals surface area contributed by atoms with E-state index in [-0.39, 0.29) is 0 Å². The van der Waals surface area contributed by atoms with Crippen molar-refractivity contribution in [3.05, 3.63) is 164 Å². The smallest absolute Gasteiger partial charge is 0.170 e. The SMILES string of the molecule is c1ccc(-c2nc(-c3ccc4c(c3)Oc3ccccc3O4)nc(-c3cc(-c4cccc5c4sc4c6ccccc6ccc54)cc4oc5ccccc5c34)n2)cc1. The van der Waals surface area contributed by atoms with Crippen LogP contribution < -0.4 is 9.47 Å². The van der Waals surface area contributed by atoms with Crippen molar-refractivity contribution in [3.8, 4) is 68.3 Å². The van der Waals surface area contributed by atoms with Crippen LogP contribution in [0.3, 0.4) is 0 Å². The monoisotopic (exact) mass is 737 g/mol. The van der Waals surface area contributed by atoms with Gasteiger partial charge in [0.15, 0.2) is 40.5 Å². The third kappa shape index (κ3) is 4.85. The molecule has 1 aliphatic rings. The summed E-state index contributed by atoms with van der Waals surface area (Å²) in [5.74, 6) is 4.19. The minimum atomic E-state index is 0.518. The van der Waals surface area contributed by atoms with Crippen LogP contribution in [0.15, 0.2) is 168 Å². The summed E-state index contributed by atoms with van der Waals surface area (Å²) in [4.78, 5) is 15.5. The molecule has 3 aromatic heterocycles. The highest BCUT2D eigenvalue weighted by Gasteiger charge is 2.23. The summed E-state index contributed by atoms with van der Waals surface area (Å²) in [6, 6.07) is 55.7. The molecule has 0 bridgehead atoms. The van der Waals surface area contributed by atoms with Crippen LogP contribution in [0.25, 0.3) is 98.2 Å². The van der Waals surface area contributed by atoms with E-state index in [2.05, 4.69) is 72.8 Å². The fourth-order valence-corrected chi connectivity index (χ4v) is 9.32. The van der Waals surface area contributed by atoms with Crippen molar-refractivity contribution in [3.63, 3.8) is 0 Å². The van der Waals surface area contributed by atoms with E-state index in [1.165, 1.54) is 30.9 Å². The molecule has 0 saturated carbocycles. The lowest BCUT2D eigenvalue weighted by molar-refractivity contribution is 0.360. The van der Waals surface area contributed by atoms with Crippen molar-refractivity contribution in [1.82, 2.24) is 15.0 Å². The number of furan rings is 1. The molecule has 0 fully saturated rings. The Bertz CT molecular complexity index is 3390. The van der Waals surface area contributed by atoms with Crippen molar-refractivity contribution in [2.24, 2.45) is 0 Å². The van der Waals surface area contributed by atoms with E-state index in [0.29, 0.717) is 40.5 Å². The molecule has 0 saturated heterocycles. The minimum Gasteiger partial charge on any atom is -0.456 e. The van der Waals surface area contributed by atoms with Crippen molar-refractivity contribution in [2.75, 3.05) is 0 Å². The van der Waals surface area contributed by atoms with Crippen LogP contribution in [-0.2, 0) is 0 Å². The minimum absolute atomic E-state index is 0.518. The first-order valence-corrected chi connectivity index (χ1v) is 19.2. The largest absolute Gasteiger partial charge is 0.456 e. The molecule has 262 valence electrons. The summed E-state index contributed by atoms with van der Waals surface area (Å²) >= 11 is 1.84. The van der Waals surface area contributed by atoms with Crippen LogP contribution in [0.2, 0.25) is 0 Å². The highest BCUT2D eigenvalue weighted by Crippen LogP contribution is 2.48. The Hall–Kier alpha value is -7.35. The number of rotatable bonds is 4. The van der Waals surface area contributed by atoms with Gasteiger partial charge in [-0.05, 0) is 70.4 Å². The van der Waals surface area contributed by atoms with E-state index in [1.807, 2.05) is 102 Å². The lowest BCUT2D eigenvalue weighted by Gasteiger charge is -2.20. The summed E-state index contributed by atoms with van der Waals surface area (Å²) in [6.07, 6.45) is 0. The lowest BCUT2D eigenvalue weighted by Crippen LogP contribution is -2.02. The molecule has 0 spiro atoms. The molecule has 4 heterocycles. The number of benzene rings is 8. The van der Waals surface area contributed by atoms with Gasteiger partial charge in [0.05, 0.1) is 0 Å². The second kappa shape index (κ2) is 12.1. The van der Waals surface area contributed by atoms with E-state index in [0.717, 1.165) is 49.8 Å². The standard InChI is InChI=1S/C49H27N3O3S/c1-2-12-29(13-3-1)47-50-48(30-22-24-41-42(26-30)55-40-20-9-8-19-39(40)54-41)52-49(51-47)37-25-31(27-43-44(37)36-15-6-7-18-38(36)53-43)33-16-10-17-34-35-23-21-28-11-4-5-14-32(28)45(35)56-46(33)34/h1-27H. The molecule has 56 heavy (non-hydrogen) atoms. The van der Waals surface area contributed by atoms with Gasteiger partial charge in [-0.3, -0.25) is 0 Å². The zero-order chi connectivity index (χ0) is 36.7. The van der Waals surface area contributed by atoms with Crippen molar-refractivity contribution in [1.29, 1.82) is 0 Å². The topological polar surface area (TPSA) is 70.3 Å². The van der Waals surface area contributed by atoms with Gasteiger partial charge in [-0.1, -0.05) is 115 Å². The predicted octanol–water partition coefficient (Wildman–Crippen LogP) is 13.9. The van der Waals surface area contributed by atoms with E-state index in [9.17, 15) is 0 Å². The summed E-state index contributed by atoms with van der Waals surface area (Å²) in [6.45, 7) is 0. The molecule has 6 nitrogen and oxygen atoms in total. The summed E-state index contributed by atoms with van der Waals surface area (Å²) < 4.78 is 21.6. The number of aromatic nitrogens is 3. The first-order valence-electron chi connectivity index (χ1n) is 18.4. The maximum Gasteiger partial charge on any atom is 0.170 e. The van der Waals surface area contributed by atoms with Gasteiger partial charge in [0, 0.05) is 47.6 Å². The molecule has 0 radical (unpaired) electrons. The van der Waals surface area contributed by atoms with Crippen LogP contribution in [0.5, 0.6) is 23.0 Å². The Labute approximate surface area is 323 Å². The molecular weight excluding hydrogens is 711 g/mol. The van der Waals surface area contributed by atoms with Gasteiger partial charge in [0.25, 0.3) is 0 Å². The third-order valence-electron chi connectivity index (χ3n) is 10.6. The molecular formula is C49H27N3O3S. The number of nitrogens with zero attached hydrogens (tertiary/aromatic N) is 3. The Morgan fingerprint density at radius 2 is 1.05 bits per heavy atom.